The van der Waals surface area contributed by atoms with Gasteiger partial charge in [-0.1, -0.05) is 164 Å². The van der Waals surface area contributed by atoms with Crippen molar-refractivity contribution >= 4 is 99.9 Å². The molecular weight excluding hydrogens is 859 g/mol. The Morgan fingerprint density at radius 1 is 0.362 bits per heavy atom. The zero-order valence-electron chi connectivity index (χ0n) is 38.4. The summed E-state index contributed by atoms with van der Waals surface area (Å²) in [5, 5.41) is 7.92. The summed E-state index contributed by atoms with van der Waals surface area (Å²) in [5.41, 5.74) is 18.5. The normalized spacial score (nSPS) is 11.7. The van der Waals surface area contributed by atoms with E-state index in [0.717, 1.165) is 12.2 Å². The van der Waals surface area contributed by atoms with Gasteiger partial charge in [0.15, 0.2) is 0 Å². The van der Waals surface area contributed by atoms with Gasteiger partial charge in [-0.05, 0) is 102 Å². The molecule has 0 saturated heterocycles. The number of para-hydroxylation sites is 5. The first kappa shape index (κ1) is 40.7. The van der Waals surface area contributed by atoms with Gasteiger partial charge in [-0.2, -0.15) is 0 Å². The Hall–Kier alpha value is -8.58. The van der Waals surface area contributed by atoms with Crippen LogP contribution in [0.5, 0.6) is 0 Å². The zero-order chi connectivity index (χ0) is 46.0. The number of hydrogen-bond acceptors (Lipinski definition) is 3. The van der Waals surface area contributed by atoms with Gasteiger partial charge in [-0.15, -0.1) is 0 Å². The number of rotatable bonds is 8. The average Bonchev–Trinajstić information content (AvgIpc) is 4.01. The van der Waals surface area contributed by atoms with Gasteiger partial charge >= 0.3 is 0 Å². The van der Waals surface area contributed by atoms with E-state index in [1.807, 2.05) is 11.7 Å². The van der Waals surface area contributed by atoms with Crippen LogP contribution in [0.25, 0.3) is 93.4 Å². The van der Waals surface area contributed by atoms with E-state index in [2.05, 4.69) is 273 Å². The first-order valence-corrected chi connectivity index (χ1v) is 24.5. The number of nitrogens with zero attached hydrogens (tertiary/aromatic N) is 5. The van der Waals surface area contributed by atoms with Crippen LogP contribution < -0.4 is 9.80 Å². The Morgan fingerprint density at radius 3 is 1.29 bits per heavy atom. The lowest BCUT2D eigenvalue weighted by Crippen LogP contribution is -2.20. The first-order valence-electron chi connectivity index (χ1n) is 23.7. The van der Waals surface area contributed by atoms with Crippen LogP contribution in [0, 0.1) is 0 Å². The van der Waals surface area contributed by atoms with Crippen molar-refractivity contribution < 1.29 is 0 Å². The molecule has 5 nitrogen and oxygen atoms in total. The smallest absolute Gasteiger partial charge is 0.0760 e. The number of benzene rings is 10. The lowest BCUT2D eigenvalue weighted by molar-refractivity contribution is 1.02. The molecule has 0 radical (unpaired) electrons. The lowest BCUT2D eigenvalue weighted by atomic mass is 10.0. The molecule has 14 aromatic rings. The van der Waals surface area contributed by atoms with Crippen molar-refractivity contribution in [1.82, 2.24) is 12.1 Å². The van der Waals surface area contributed by atoms with E-state index in [4.69, 9.17) is 0 Å². The number of fused-ring (bicyclic) bond motifs is 6. The van der Waals surface area contributed by atoms with Crippen molar-refractivity contribution in [2.24, 2.45) is 0 Å². The first-order chi connectivity index (χ1) is 34.1. The molecule has 0 fully saturated rings. The van der Waals surface area contributed by atoms with Crippen LogP contribution in [0.1, 0.15) is 6.92 Å². The maximum atomic E-state index is 2.45. The molecule has 0 aliphatic carbocycles. The van der Waals surface area contributed by atoms with E-state index in [-0.39, 0.29) is 0 Å². The number of hydrogen-bond donors (Lipinski definition) is 0. The second-order valence-electron chi connectivity index (χ2n) is 17.7. The van der Waals surface area contributed by atoms with Crippen LogP contribution in [0.3, 0.4) is 0 Å². The Balaban J connectivity index is 0.000000136. The summed E-state index contributed by atoms with van der Waals surface area (Å²) in [7, 11) is 2.14. The molecule has 0 saturated carbocycles. The Kier molecular flexibility index (Phi) is 9.80. The monoisotopic (exact) mass is 905 g/mol. The molecule has 14 rings (SSSR count). The molecule has 0 bridgehead atoms. The van der Waals surface area contributed by atoms with E-state index < -0.39 is 0 Å². The second kappa shape index (κ2) is 16.6. The van der Waals surface area contributed by atoms with E-state index in [0.29, 0.717) is 0 Å². The molecule has 330 valence electrons. The summed E-state index contributed by atoms with van der Waals surface area (Å²) in [6.07, 6.45) is 0. The van der Waals surface area contributed by atoms with Crippen molar-refractivity contribution in [2.75, 3.05) is 23.4 Å². The average molecular weight is 906 g/mol. The highest BCUT2D eigenvalue weighted by atomic mass is 32.1. The van der Waals surface area contributed by atoms with Gasteiger partial charge in [-0.25, -0.2) is 7.58 Å². The molecular formula is C63H47N5S. The fourth-order valence-electron chi connectivity index (χ4n) is 10.7. The van der Waals surface area contributed by atoms with Gasteiger partial charge in [0, 0.05) is 74.7 Å². The third kappa shape index (κ3) is 6.59. The summed E-state index contributed by atoms with van der Waals surface area (Å²) in [6.45, 7) is 3.08. The minimum atomic E-state index is 0.877. The Morgan fingerprint density at radius 2 is 0.783 bits per heavy atom. The Bertz CT molecular complexity index is 3970. The van der Waals surface area contributed by atoms with Crippen molar-refractivity contribution in [3.63, 3.8) is 0 Å². The van der Waals surface area contributed by atoms with Crippen molar-refractivity contribution in [1.29, 1.82) is 0 Å². The highest BCUT2D eigenvalue weighted by Gasteiger charge is 2.25. The highest BCUT2D eigenvalue weighted by molar-refractivity contribution is 7.02. The molecule has 4 heterocycles. The van der Waals surface area contributed by atoms with E-state index in [9.17, 15) is 0 Å². The van der Waals surface area contributed by atoms with Crippen molar-refractivity contribution in [3.8, 4) is 27.9 Å². The SMILES string of the molecule is CCN(c1ccc(-c2ccccc2)cc1)c1ccccc1N(C)c1ccc(-c2ccccc2)cc1.c1ccc(-n2c3ccc4c5ccccc5n5sn6c7ccccc7c7ccc2c(c3c45)c76)cc1. The summed E-state index contributed by atoms with van der Waals surface area (Å²) in [5.74, 6) is 0. The third-order valence-electron chi connectivity index (χ3n) is 14.0. The maximum absolute atomic E-state index is 2.45. The van der Waals surface area contributed by atoms with Crippen LogP contribution >= 0.6 is 11.7 Å². The predicted octanol–water partition coefficient (Wildman–Crippen LogP) is 17.2. The third-order valence-corrected chi connectivity index (χ3v) is 15.0. The van der Waals surface area contributed by atoms with Crippen LogP contribution in [-0.4, -0.2) is 25.7 Å². The Labute approximate surface area is 404 Å². The lowest BCUT2D eigenvalue weighted by Gasteiger charge is -2.30. The van der Waals surface area contributed by atoms with E-state index in [1.54, 1.807) is 0 Å². The zero-order valence-corrected chi connectivity index (χ0v) is 39.2. The summed E-state index contributed by atoms with van der Waals surface area (Å²) in [4.78, 5) is 4.64. The molecule has 0 amide bonds. The summed E-state index contributed by atoms with van der Waals surface area (Å²) >= 11 is 1.81. The highest BCUT2D eigenvalue weighted by Crippen LogP contribution is 2.46. The van der Waals surface area contributed by atoms with Crippen LogP contribution in [0.15, 0.2) is 237 Å². The van der Waals surface area contributed by atoms with Gasteiger partial charge in [0.05, 0.1) is 44.5 Å². The molecule has 4 aromatic heterocycles. The summed E-state index contributed by atoms with van der Waals surface area (Å²) < 4.78 is 7.34. The predicted molar refractivity (Wildman–Crippen MR) is 295 cm³/mol. The maximum Gasteiger partial charge on any atom is 0.0760 e. The van der Waals surface area contributed by atoms with Gasteiger partial charge < -0.3 is 14.4 Å². The minimum absolute atomic E-state index is 0.877. The molecule has 0 unspecified atom stereocenters. The van der Waals surface area contributed by atoms with E-state index >= 15 is 0 Å². The van der Waals surface area contributed by atoms with Crippen LogP contribution in [-0.2, 0) is 0 Å². The van der Waals surface area contributed by atoms with Crippen molar-refractivity contribution in [3.05, 3.63) is 237 Å². The molecule has 0 aliphatic heterocycles. The fourth-order valence-corrected chi connectivity index (χ4v) is 11.9. The second-order valence-corrected chi connectivity index (χ2v) is 18.6. The molecule has 6 heteroatoms. The van der Waals surface area contributed by atoms with Gasteiger partial charge in [0.1, 0.15) is 0 Å². The number of anilines is 4. The van der Waals surface area contributed by atoms with E-state index in [1.165, 1.54) is 110 Å². The van der Waals surface area contributed by atoms with Gasteiger partial charge in [-0.3, -0.25) is 0 Å². The van der Waals surface area contributed by atoms with Crippen molar-refractivity contribution in [2.45, 2.75) is 6.92 Å². The van der Waals surface area contributed by atoms with Gasteiger partial charge in [0.25, 0.3) is 0 Å². The summed E-state index contributed by atoms with van der Waals surface area (Å²) in [6, 6.07) is 84.9. The fraction of sp³-hybridized carbons (Fsp3) is 0.0476. The largest absolute Gasteiger partial charge is 0.343 e. The topological polar surface area (TPSA) is 20.2 Å². The molecule has 0 spiro atoms. The molecule has 10 aromatic carbocycles. The minimum Gasteiger partial charge on any atom is -0.343 e. The van der Waals surface area contributed by atoms with Crippen LogP contribution in [0.2, 0.25) is 0 Å². The van der Waals surface area contributed by atoms with Crippen LogP contribution in [0.4, 0.5) is 22.7 Å². The molecule has 69 heavy (non-hydrogen) atoms. The molecule has 0 aliphatic rings. The molecule has 0 N–H and O–H groups in total. The standard InChI is InChI=1S/C33H30N2.C30H17N3S/c1-3-35(31-24-20-29(21-25-31)27-14-8-5-9-15-27)33-17-11-10-16-32(33)34(2)30-22-18-28(19-23-30)26-12-6-4-7-13-26;1-2-8-18(9-3-1)31-25-16-14-21-19-10-4-6-12-23(19)32-29(21)27(25)28-26(31)17-15-22-20-11-5-7-13-24(20)33(34-32)30(22)28/h4-25H,3H2,1-2H3;1-17H. The molecule has 0 atom stereocenters. The quantitative estimate of drug-likeness (QED) is 0.151. The number of aromatic nitrogens is 3. The van der Waals surface area contributed by atoms with Gasteiger partial charge in [0.2, 0.25) is 0 Å².